The summed E-state index contributed by atoms with van der Waals surface area (Å²) in [4.78, 5) is 13.5. The van der Waals surface area contributed by atoms with Crippen LogP contribution in [0.2, 0.25) is 0 Å². The van der Waals surface area contributed by atoms with E-state index in [0.717, 1.165) is 54.1 Å². The quantitative estimate of drug-likeness (QED) is 0.180. The van der Waals surface area contributed by atoms with E-state index in [2.05, 4.69) is 21.7 Å². The van der Waals surface area contributed by atoms with Crippen LogP contribution in [0.1, 0.15) is 18.9 Å². The maximum atomic E-state index is 12.6. The summed E-state index contributed by atoms with van der Waals surface area (Å²) in [6.07, 6.45) is -3.79. The third-order valence-corrected chi connectivity index (χ3v) is 6.56. The van der Waals surface area contributed by atoms with Crippen LogP contribution >= 0.6 is 0 Å². The van der Waals surface area contributed by atoms with Gasteiger partial charge in [0.25, 0.3) is 0 Å². The van der Waals surface area contributed by atoms with Gasteiger partial charge in [0.05, 0.1) is 5.56 Å². The first kappa shape index (κ1) is 26.5. The van der Waals surface area contributed by atoms with E-state index in [9.17, 15) is 18.0 Å². The third-order valence-electron chi connectivity index (χ3n) is 6.56. The largest absolute Gasteiger partial charge is 0.491 e. The Labute approximate surface area is 223 Å². The van der Waals surface area contributed by atoms with E-state index in [-0.39, 0.29) is 11.9 Å². The van der Waals surface area contributed by atoms with E-state index < -0.39 is 12.1 Å². The van der Waals surface area contributed by atoms with Crippen molar-refractivity contribution in [1.82, 2.24) is 10.1 Å². The Kier molecular flexibility index (Phi) is 7.43. The molecule has 4 aromatic rings. The Hall–Kier alpha value is -4.11. The van der Waals surface area contributed by atoms with Crippen LogP contribution in [-0.4, -0.2) is 47.9 Å². The fourth-order valence-electron chi connectivity index (χ4n) is 4.61. The lowest BCUT2D eigenvalue weighted by atomic mass is 9.94. The normalized spacial score (nSPS) is 14.2. The maximum Gasteiger partial charge on any atom is 0.491 e. The summed E-state index contributed by atoms with van der Waals surface area (Å²) in [5.41, 5.74) is 4.67. The highest BCUT2D eigenvalue weighted by atomic mass is 19.4. The molecule has 2 heterocycles. The van der Waals surface area contributed by atoms with Crippen molar-refractivity contribution >= 4 is 5.97 Å². The van der Waals surface area contributed by atoms with Crippen LogP contribution in [0.3, 0.4) is 0 Å². The van der Waals surface area contributed by atoms with E-state index in [1.165, 1.54) is 24.3 Å². The number of alkyl halides is 3. The van der Waals surface area contributed by atoms with Crippen molar-refractivity contribution in [3.8, 4) is 45.2 Å². The lowest BCUT2D eigenvalue weighted by molar-refractivity contribution is -0.189. The number of likely N-dealkylation sites (tertiary alicyclic amines) is 1. The predicted molar refractivity (Wildman–Crippen MR) is 140 cm³/mol. The number of ether oxygens (including phenoxy) is 2. The van der Waals surface area contributed by atoms with Crippen LogP contribution in [0.15, 0.2) is 77.3 Å². The molecule has 0 radical (unpaired) electrons. The molecule has 0 aliphatic carbocycles. The van der Waals surface area contributed by atoms with Gasteiger partial charge in [0, 0.05) is 24.2 Å². The first-order valence-electron chi connectivity index (χ1n) is 12.7. The molecule has 9 heteroatoms. The molecule has 0 saturated carbocycles. The molecule has 1 saturated heterocycles. The zero-order valence-electron chi connectivity index (χ0n) is 21.5. The summed E-state index contributed by atoms with van der Waals surface area (Å²) in [6, 6.07) is 21.1. The van der Waals surface area contributed by atoms with Gasteiger partial charge in [-0.15, -0.1) is 0 Å². The molecule has 3 aromatic carbocycles. The molecule has 0 bridgehead atoms. The topological polar surface area (TPSA) is 64.8 Å². The van der Waals surface area contributed by atoms with E-state index >= 15 is 0 Å². The smallest absolute Gasteiger partial charge is 0.488 e. The van der Waals surface area contributed by atoms with E-state index in [1.54, 1.807) is 0 Å². The molecule has 39 heavy (non-hydrogen) atoms. The molecule has 0 N–H and O–H groups in total. The molecule has 6 nitrogen and oxygen atoms in total. The SMILES string of the molecule is CCCN1CC(Oc2ccc(-c3c(-c4ccccc4C)noc3-c3ccc(OC(=O)C(F)(F)F)cc3)cc2)C1. The molecule has 1 aliphatic heterocycles. The average molecular weight is 537 g/mol. The highest BCUT2D eigenvalue weighted by Gasteiger charge is 2.41. The van der Waals surface area contributed by atoms with Crippen molar-refractivity contribution in [1.29, 1.82) is 0 Å². The van der Waals surface area contributed by atoms with Gasteiger partial charge in [-0.1, -0.05) is 48.5 Å². The molecular weight excluding hydrogens is 509 g/mol. The summed E-state index contributed by atoms with van der Waals surface area (Å²) in [5, 5.41) is 4.38. The number of aromatic nitrogens is 1. The minimum absolute atomic E-state index is 0.168. The van der Waals surface area contributed by atoms with Gasteiger partial charge in [-0.05, 0) is 67.4 Å². The van der Waals surface area contributed by atoms with Gasteiger partial charge in [0.1, 0.15) is 23.3 Å². The van der Waals surface area contributed by atoms with Crippen molar-refractivity contribution in [2.75, 3.05) is 19.6 Å². The number of hydrogen-bond donors (Lipinski definition) is 0. The van der Waals surface area contributed by atoms with Crippen LogP contribution in [0, 0.1) is 6.92 Å². The minimum atomic E-state index is -5.08. The number of carbonyl (C=O) groups excluding carboxylic acids is 1. The van der Waals surface area contributed by atoms with Crippen LogP contribution < -0.4 is 9.47 Å². The van der Waals surface area contributed by atoms with E-state index in [4.69, 9.17) is 9.26 Å². The number of carbonyl (C=O) groups is 1. The molecule has 1 aromatic heterocycles. The molecule has 1 fully saturated rings. The number of rotatable bonds is 8. The fourth-order valence-corrected chi connectivity index (χ4v) is 4.61. The lowest BCUT2D eigenvalue weighted by Crippen LogP contribution is -2.53. The first-order valence-corrected chi connectivity index (χ1v) is 12.7. The highest BCUT2D eigenvalue weighted by Crippen LogP contribution is 2.41. The van der Waals surface area contributed by atoms with Gasteiger partial charge < -0.3 is 14.0 Å². The highest BCUT2D eigenvalue weighted by molar-refractivity contribution is 5.91. The van der Waals surface area contributed by atoms with Crippen LogP contribution in [0.25, 0.3) is 33.7 Å². The van der Waals surface area contributed by atoms with Crippen molar-refractivity contribution in [3.05, 3.63) is 78.4 Å². The standard InChI is InChI=1S/C30H27F3N2O4/c1-3-16-35-17-24(18-35)37-22-12-8-20(9-13-22)26-27(25-7-5-4-6-19(25)2)34-39-28(26)21-10-14-23(15-11-21)38-29(36)30(31,32)33/h4-15,24H,3,16-18H2,1-2H3. The molecule has 5 rings (SSSR count). The number of esters is 1. The fraction of sp³-hybridized carbons (Fsp3) is 0.267. The summed E-state index contributed by atoms with van der Waals surface area (Å²) in [7, 11) is 0. The van der Waals surface area contributed by atoms with Gasteiger partial charge in [0.2, 0.25) is 0 Å². The Morgan fingerprint density at radius 2 is 1.62 bits per heavy atom. The third kappa shape index (κ3) is 5.83. The Balaban J connectivity index is 1.45. The Morgan fingerprint density at radius 1 is 0.974 bits per heavy atom. The second-order valence-electron chi connectivity index (χ2n) is 9.49. The second kappa shape index (κ2) is 10.9. The minimum Gasteiger partial charge on any atom is -0.488 e. The van der Waals surface area contributed by atoms with Crippen LogP contribution in [0.4, 0.5) is 13.2 Å². The number of nitrogens with zero attached hydrogens (tertiary/aromatic N) is 2. The molecule has 0 unspecified atom stereocenters. The monoisotopic (exact) mass is 536 g/mol. The Bertz CT molecular complexity index is 1440. The van der Waals surface area contributed by atoms with Gasteiger partial charge in [-0.3, -0.25) is 4.90 Å². The molecule has 0 spiro atoms. The van der Waals surface area contributed by atoms with Crippen molar-refractivity contribution < 1.29 is 32.0 Å². The maximum absolute atomic E-state index is 12.6. The molecular formula is C30H27F3N2O4. The predicted octanol–water partition coefficient (Wildman–Crippen LogP) is 6.92. The van der Waals surface area contributed by atoms with Crippen molar-refractivity contribution in [2.24, 2.45) is 0 Å². The number of benzene rings is 3. The first-order chi connectivity index (χ1) is 18.7. The van der Waals surface area contributed by atoms with Crippen LogP contribution in [-0.2, 0) is 4.79 Å². The molecule has 0 amide bonds. The van der Waals surface area contributed by atoms with Gasteiger partial charge >= 0.3 is 12.1 Å². The van der Waals surface area contributed by atoms with Crippen molar-refractivity contribution in [3.63, 3.8) is 0 Å². The zero-order chi connectivity index (χ0) is 27.6. The van der Waals surface area contributed by atoms with E-state index in [1.807, 2.05) is 55.5 Å². The van der Waals surface area contributed by atoms with Gasteiger partial charge in [0.15, 0.2) is 5.76 Å². The Morgan fingerprint density at radius 3 is 2.26 bits per heavy atom. The molecule has 0 atom stereocenters. The van der Waals surface area contributed by atoms with Crippen molar-refractivity contribution in [2.45, 2.75) is 32.5 Å². The number of halogens is 3. The lowest BCUT2D eigenvalue weighted by Gasteiger charge is -2.38. The van der Waals surface area contributed by atoms with E-state index in [0.29, 0.717) is 17.0 Å². The van der Waals surface area contributed by atoms with Gasteiger partial charge in [-0.2, -0.15) is 13.2 Å². The summed E-state index contributed by atoms with van der Waals surface area (Å²) in [6.45, 7) is 7.04. The molecule has 202 valence electrons. The molecule has 1 aliphatic rings. The average Bonchev–Trinajstić information content (AvgIpc) is 3.33. The summed E-state index contributed by atoms with van der Waals surface area (Å²) >= 11 is 0. The number of aryl methyl sites for hydroxylation is 1. The number of hydrogen-bond acceptors (Lipinski definition) is 6. The van der Waals surface area contributed by atoms with Crippen LogP contribution in [0.5, 0.6) is 11.5 Å². The zero-order valence-corrected chi connectivity index (χ0v) is 21.5. The second-order valence-corrected chi connectivity index (χ2v) is 9.49. The summed E-state index contributed by atoms with van der Waals surface area (Å²) < 4.78 is 54.1. The summed E-state index contributed by atoms with van der Waals surface area (Å²) in [5.74, 6) is -1.30. The van der Waals surface area contributed by atoms with Gasteiger partial charge in [-0.25, -0.2) is 4.79 Å².